The first kappa shape index (κ1) is 30.9. The van der Waals surface area contributed by atoms with Crippen LogP contribution in [0.5, 0.6) is 5.75 Å². The van der Waals surface area contributed by atoms with Crippen LogP contribution >= 0.6 is 0 Å². The summed E-state index contributed by atoms with van der Waals surface area (Å²) >= 11 is 0. The highest BCUT2D eigenvalue weighted by atomic mass is 19.4. The minimum absolute atomic E-state index is 0.0538. The van der Waals surface area contributed by atoms with E-state index in [0.717, 1.165) is 30.5 Å². The Labute approximate surface area is 186 Å². The zero-order chi connectivity index (χ0) is 25.3. The van der Waals surface area contributed by atoms with Crippen molar-refractivity contribution in [2.24, 2.45) is 0 Å². The molecule has 10 heteroatoms. The van der Waals surface area contributed by atoms with Gasteiger partial charge < -0.3 is 20.1 Å². The number of hydrogen-bond donors (Lipinski definition) is 2. The molecule has 1 aromatic carbocycles. The molecule has 32 heavy (non-hydrogen) atoms. The lowest BCUT2D eigenvalue weighted by molar-refractivity contribution is -0.137. The van der Waals surface area contributed by atoms with Crippen LogP contribution in [0.2, 0.25) is 0 Å². The zero-order valence-corrected chi connectivity index (χ0v) is 19.0. The molecule has 0 spiro atoms. The Morgan fingerprint density at radius 1 is 1.19 bits per heavy atom. The number of benzene rings is 1. The van der Waals surface area contributed by atoms with E-state index in [1.807, 2.05) is 6.92 Å². The summed E-state index contributed by atoms with van der Waals surface area (Å²) < 4.78 is 59.7. The van der Waals surface area contributed by atoms with E-state index < -0.39 is 29.6 Å². The Balaban J connectivity index is 0. The van der Waals surface area contributed by atoms with Crippen molar-refractivity contribution in [3.63, 3.8) is 0 Å². The third-order valence-corrected chi connectivity index (χ3v) is 3.42. The predicted molar refractivity (Wildman–Crippen MR) is 117 cm³/mol. The summed E-state index contributed by atoms with van der Waals surface area (Å²) in [5, 5.41) is 4.23. The van der Waals surface area contributed by atoms with Crippen LogP contribution in [0.3, 0.4) is 0 Å². The number of amides is 2. The molecule has 1 rings (SSSR count). The molecule has 180 valence electrons. The Hall–Kier alpha value is -3.30. The highest BCUT2D eigenvalue weighted by Gasteiger charge is 2.31. The summed E-state index contributed by atoms with van der Waals surface area (Å²) in [6.07, 6.45) is -0.435. The van der Waals surface area contributed by atoms with Gasteiger partial charge in [0.1, 0.15) is 11.6 Å². The molecule has 0 aliphatic heterocycles. The number of allylic oxidation sites excluding steroid dienone is 3. The lowest BCUT2D eigenvalue weighted by Gasteiger charge is -2.13. The van der Waals surface area contributed by atoms with Crippen LogP contribution in [0.25, 0.3) is 0 Å². The third-order valence-electron chi connectivity index (χ3n) is 3.42. The Bertz CT molecular complexity index is 800. The number of carbonyl (C=O) groups is 2. The van der Waals surface area contributed by atoms with Crippen molar-refractivity contribution in [3.05, 3.63) is 60.1 Å². The fraction of sp³-hybridized carbons (Fsp3) is 0.364. The van der Waals surface area contributed by atoms with Crippen LogP contribution in [0, 0.1) is 0 Å². The van der Waals surface area contributed by atoms with Crippen molar-refractivity contribution in [1.29, 1.82) is 0 Å². The minimum atomic E-state index is -4.55. The molecule has 0 aromatic heterocycles. The van der Waals surface area contributed by atoms with Gasteiger partial charge in [-0.3, -0.25) is 0 Å². The highest BCUT2D eigenvalue weighted by molar-refractivity contribution is 5.91. The van der Waals surface area contributed by atoms with Gasteiger partial charge in [-0.2, -0.15) is 13.2 Å². The average Bonchev–Trinajstić information content (AvgIpc) is 2.76. The maximum Gasteiger partial charge on any atom is 0.416 e. The molecule has 0 fully saturated rings. The van der Waals surface area contributed by atoms with E-state index in [2.05, 4.69) is 41.9 Å². The topological polar surface area (TPSA) is 76.7 Å². The number of rotatable bonds is 5. The summed E-state index contributed by atoms with van der Waals surface area (Å²) in [6.45, 7) is 10.9. The van der Waals surface area contributed by atoms with Crippen LogP contribution in [0.4, 0.5) is 28.0 Å². The van der Waals surface area contributed by atoms with E-state index in [1.165, 1.54) is 19.8 Å². The van der Waals surface area contributed by atoms with E-state index in [-0.39, 0.29) is 17.9 Å². The smallest absolute Gasteiger partial charge is 0.416 e. The number of urea groups is 1. The quantitative estimate of drug-likeness (QED) is 0.231. The molecule has 0 unspecified atom stereocenters. The Morgan fingerprint density at radius 3 is 2.09 bits per heavy atom. The van der Waals surface area contributed by atoms with E-state index in [9.17, 15) is 27.2 Å². The Kier molecular flexibility index (Phi) is 15.8. The molecule has 0 saturated carbocycles. The normalized spacial score (nSPS) is 10.2. The Morgan fingerprint density at radius 2 is 1.75 bits per heavy atom. The first-order chi connectivity index (χ1) is 14.9. The molecule has 2 N–H and O–H groups in total. The molecule has 0 atom stereocenters. The van der Waals surface area contributed by atoms with Gasteiger partial charge in [-0.25, -0.2) is 14.0 Å². The molecule has 0 radical (unpaired) electrons. The number of esters is 1. The van der Waals surface area contributed by atoms with E-state index in [0.29, 0.717) is 0 Å². The fourth-order valence-corrected chi connectivity index (χ4v) is 1.47. The van der Waals surface area contributed by atoms with Crippen molar-refractivity contribution in [2.75, 3.05) is 19.5 Å². The largest absolute Gasteiger partial charge is 0.495 e. The van der Waals surface area contributed by atoms with Gasteiger partial charge in [0.05, 0.1) is 25.5 Å². The van der Waals surface area contributed by atoms with Gasteiger partial charge in [-0.05, 0) is 45.4 Å². The zero-order valence-electron chi connectivity index (χ0n) is 19.0. The molecule has 2 amide bonds. The number of methoxy groups -OCH3 is 2. The van der Waals surface area contributed by atoms with Gasteiger partial charge in [-0.1, -0.05) is 25.2 Å². The molecule has 0 saturated heterocycles. The molecular formula is C22H30F4N2O4. The lowest BCUT2D eigenvalue weighted by Crippen LogP contribution is -2.24. The highest BCUT2D eigenvalue weighted by Crippen LogP contribution is 2.34. The van der Waals surface area contributed by atoms with Crippen molar-refractivity contribution < 1.29 is 36.6 Å². The molecule has 1 aromatic rings. The van der Waals surface area contributed by atoms with Gasteiger partial charge in [0.15, 0.2) is 0 Å². The van der Waals surface area contributed by atoms with Gasteiger partial charge >= 0.3 is 18.2 Å². The standard InChI is InChI=1S/C13H14F4N2O2.C5H10.C4H6O2/c1-3-9(14)7-18-12(20)19-10-6-8(13(15,16)17)4-5-11(10)21-2;1-4-5(2)3;1-3-4(5)6-2/h4-7H,3H2,1-2H3,(H2,18,19,20);4H,1-3H3;3H,1H2,2H3/b9-7-;;. The second kappa shape index (κ2) is 16.4. The molecule has 0 aliphatic rings. The number of halogens is 4. The van der Waals surface area contributed by atoms with Crippen LogP contribution in [0.1, 0.15) is 39.7 Å². The number of anilines is 1. The summed E-state index contributed by atoms with van der Waals surface area (Å²) in [7, 11) is 2.56. The first-order valence-corrected chi connectivity index (χ1v) is 9.33. The third kappa shape index (κ3) is 14.6. The first-order valence-electron chi connectivity index (χ1n) is 9.33. The predicted octanol–water partition coefficient (Wildman–Crippen LogP) is 6.37. The second-order valence-corrected chi connectivity index (χ2v) is 6.05. The SMILES string of the molecule is C=CC(=O)OC.CC/C(F)=C/NC(=O)Nc1cc(C(F)(F)F)ccc1OC.CC=C(C)C. The van der Waals surface area contributed by atoms with Gasteiger partial charge in [0, 0.05) is 12.3 Å². The molecule has 6 nitrogen and oxygen atoms in total. The number of ether oxygens (including phenoxy) is 2. The maximum absolute atomic E-state index is 12.8. The monoisotopic (exact) mass is 462 g/mol. The molecule has 0 bridgehead atoms. The average molecular weight is 462 g/mol. The van der Waals surface area contributed by atoms with Crippen molar-refractivity contribution >= 4 is 17.7 Å². The van der Waals surface area contributed by atoms with Crippen molar-refractivity contribution in [1.82, 2.24) is 5.32 Å². The summed E-state index contributed by atoms with van der Waals surface area (Å²) in [5.74, 6) is -0.908. The number of alkyl halides is 3. The lowest BCUT2D eigenvalue weighted by atomic mass is 10.2. The molecule has 0 aliphatic carbocycles. The van der Waals surface area contributed by atoms with E-state index in [4.69, 9.17) is 4.74 Å². The number of hydrogen-bond acceptors (Lipinski definition) is 4. The van der Waals surface area contributed by atoms with Gasteiger partial charge in [-0.15, -0.1) is 0 Å². The van der Waals surface area contributed by atoms with Crippen molar-refractivity contribution in [2.45, 2.75) is 40.3 Å². The number of nitrogens with one attached hydrogen (secondary N) is 2. The van der Waals surface area contributed by atoms with E-state index in [1.54, 1.807) is 6.92 Å². The van der Waals surface area contributed by atoms with E-state index >= 15 is 0 Å². The van der Waals surface area contributed by atoms with Crippen molar-refractivity contribution in [3.8, 4) is 5.75 Å². The second-order valence-electron chi connectivity index (χ2n) is 6.05. The van der Waals surface area contributed by atoms with Crippen LogP contribution in [0.15, 0.2) is 54.5 Å². The maximum atomic E-state index is 12.8. The minimum Gasteiger partial charge on any atom is -0.495 e. The number of carbonyl (C=O) groups excluding carboxylic acids is 2. The summed E-state index contributed by atoms with van der Waals surface area (Å²) in [4.78, 5) is 21.3. The summed E-state index contributed by atoms with van der Waals surface area (Å²) in [6, 6.07) is 1.77. The molecular weight excluding hydrogens is 432 g/mol. The van der Waals surface area contributed by atoms with Crippen LogP contribution < -0.4 is 15.4 Å². The van der Waals surface area contributed by atoms with Gasteiger partial charge in [0.25, 0.3) is 0 Å². The van der Waals surface area contributed by atoms with Gasteiger partial charge in [0.2, 0.25) is 0 Å². The van der Waals surface area contributed by atoms with Crippen LogP contribution in [-0.4, -0.2) is 26.2 Å². The summed E-state index contributed by atoms with van der Waals surface area (Å²) in [5.41, 5.74) is 0.272. The fourth-order valence-electron chi connectivity index (χ4n) is 1.47. The molecule has 0 heterocycles. The van der Waals surface area contributed by atoms with Crippen LogP contribution in [-0.2, 0) is 15.7 Å².